The molecule has 0 aliphatic heterocycles. The quantitative estimate of drug-likeness (QED) is 0.374. The molecule has 6 nitrogen and oxygen atoms in total. The monoisotopic (exact) mass is 372 g/mol. The van der Waals surface area contributed by atoms with Crippen molar-refractivity contribution in [3.63, 3.8) is 0 Å². The minimum Gasteiger partial charge on any atom is -0.334 e. The zero-order chi connectivity index (χ0) is 17.8. The van der Waals surface area contributed by atoms with Crippen LogP contribution in [0.15, 0.2) is 64.8 Å². The number of aryl methyl sites for hydroxylation is 1. The Kier molecular flexibility index (Phi) is 5.16. The maximum Gasteiger partial charge on any atom is 0.343 e. The zero-order valence-electron chi connectivity index (χ0n) is 13.1. The van der Waals surface area contributed by atoms with Gasteiger partial charge in [0.25, 0.3) is 0 Å². The Morgan fingerprint density at radius 2 is 1.92 bits per heavy atom. The average Bonchev–Trinajstić information content (AvgIpc) is 2.59. The number of benzene rings is 2. The molecule has 3 rings (SSSR count). The molecule has 0 spiro atoms. The largest absolute Gasteiger partial charge is 0.343 e. The van der Waals surface area contributed by atoms with Gasteiger partial charge in [-0.05, 0) is 36.8 Å². The van der Waals surface area contributed by atoms with E-state index in [9.17, 15) is 10.1 Å². The molecule has 8 heteroatoms. The number of aromatic nitrogens is 2. The number of hydrogen-bond acceptors (Lipinski definition) is 6. The predicted octanol–water partition coefficient (Wildman–Crippen LogP) is 5.24. The first-order chi connectivity index (χ1) is 12.0. The van der Waals surface area contributed by atoms with E-state index in [1.807, 2.05) is 43.3 Å². The first-order valence-corrected chi connectivity index (χ1v) is 8.49. The molecule has 0 bridgehead atoms. The van der Waals surface area contributed by atoms with Crippen molar-refractivity contribution >= 4 is 40.6 Å². The minimum atomic E-state index is -0.479. The highest BCUT2D eigenvalue weighted by Gasteiger charge is 2.24. The summed E-state index contributed by atoms with van der Waals surface area (Å²) in [5.74, 6) is 0.129. The van der Waals surface area contributed by atoms with Crippen molar-refractivity contribution in [2.45, 2.75) is 16.8 Å². The summed E-state index contributed by atoms with van der Waals surface area (Å²) < 4.78 is 0. The van der Waals surface area contributed by atoms with Gasteiger partial charge in [0.2, 0.25) is 5.82 Å². The van der Waals surface area contributed by atoms with E-state index in [2.05, 4.69) is 15.3 Å². The molecule has 3 aromatic rings. The molecule has 0 aliphatic rings. The van der Waals surface area contributed by atoms with Gasteiger partial charge < -0.3 is 5.32 Å². The van der Waals surface area contributed by atoms with E-state index in [0.29, 0.717) is 10.7 Å². The smallest absolute Gasteiger partial charge is 0.334 e. The predicted molar refractivity (Wildman–Crippen MR) is 98.7 cm³/mol. The fourth-order valence-corrected chi connectivity index (χ4v) is 3.21. The number of nitro groups is 1. The second-order valence-electron chi connectivity index (χ2n) is 5.13. The van der Waals surface area contributed by atoms with E-state index in [4.69, 9.17) is 11.6 Å². The maximum absolute atomic E-state index is 11.6. The van der Waals surface area contributed by atoms with Gasteiger partial charge in [0.15, 0.2) is 5.03 Å². The van der Waals surface area contributed by atoms with E-state index in [1.54, 1.807) is 12.1 Å². The number of hydrogen-bond donors (Lipinski definition) is 1. The molecule has 1 aromatic heterocycles. The maximum atomic E-state index is 11.6. The van der Waals surface area contributed by atoms with E-state index < -0.39 is 4.92 Å². The summed E-state index contributed by atoms with van der Waals surface area (Å²) in [7, 11) is 0. The standard InChI is InChI=1S/C17H13ClN4O2S/c1-11-7-8-12(18)9-14(11)21-16-15(22(23)24)17(20-10-19-16)25-13-5-3-2-4-6-13/h2-10H,1H3,(H,19,20,21). The van der Waals surface area contributed by atoms with Gasteiger partial charge in [-0.3, -0.25) is 10.1 Å². The molecule has 2 aromatic carbocycles. The number of anilines is 2. The van der Waals surface area contributed by atoms with Crippen LogP contribution in [-0.2, 0) is 0 Å². The van der Waals surface area contributed by atoms with Gasteiger partial charge in [-0.2, -0.15) is 0 Å². The first-order valence-electron chi connectivity index (χ1n) is 7.30. The minimum absolute atomic E-state index is 0.129. The second kappa shape index (κ2) is 7.50. The highest BCUT2D eigenvalue weighted by Crippen LogP contribution is 2.37. The van der Waals surface area contributed by atoms with E-state index in [-0.39, 0.29) is 16.5 Å². The lowest BCUT2D eigenvalue weighted by Gasteiger charge is -2.11. The highest BCUT2D eigenvalue weighted by atomic mass is 35.5. The lowest BCUT2D eigenvalue weighted by atomic mass is 10.2. The fraction of sp³-hybridized carbons (Fsp3) is 0.0588. The van der Waals surface area contributed by atoms with E-state index in [0.717, 1.165) is 10.5 Å². The van der Waals surface area contributed by atoms with Crippen molar-refractivity contribution in [3.05, 3.63) is 75.6 Å². The molecule has 1 heterocycles. The van der Waals surface area contributed by atoms with Crippen molar-refractivity contribution in [1.29, 1.82) is 0 Å². The second-order valence-corrected chi connectivity index (χ2v) is 6.63. The number of nitrogens with zero attached hydrogens (tertiary/aromatic N) is 3. The Hall–Kier alpha value is -2.64. The van der Waals surface area contributed by atoms with Crippen LogP contribution < -0.4 is 5.32 Å². The van der Waals surface area contributed by atoms with Gasteiger partial charge >= 0.3 is 5.69 Å². The summed E-state index contributed by atoms with van der Waals surface area (Å²) >= 11 is 7.23. The SMILES string of the molecule is Cc1ccc(Cl)cc1Nc1ncnc(Sc2ccccc2)c1[N+](=O)[O-]. The van der Waals surface area contributed by atoms with E-state index >= 15 is 0 Å². The Morgan fingerprint density at radius 1 is 1.16 bits per heavy atom. The Morgan fingerprint density at radius 3 is 2.64 bits per heavy atom. The van der Waals surface area contributed by atoms with Crippen LogP contribution in [0.1, 0.15) is 5.56 Å². The summed E-state index contributed by atoms with van der Waals surface area (Å²) in [6, 6.07) is 14.6. The van der Waals surface area contributed by atoms with Gasteiger partial charge in [0, 0.05) is 15.6 Å². The van der Waals surface area contributed by atoms with Crippen molar-refractivity contribution < 1.29 is 4.92 Å². The molecule has 1 N–H and O–H groups in total. The van der Waals surface area contributed by atoms with Crippen molar-refractivity contribution in [2.75, 3.05) is 5.32 Å². The molecule has 0 radical (unpaired) electrons. The molecule has 0 fully saturated rings. The van der Waals surface area contributed by atoms with Crippen molar-refractivity contribution in [3.8, 4) is 0 Å². The molecule has 0 aliphatic carbocycles. The van der Waals surface area contributed by atoms with Crippen LogP contribution in [0.2, 0.25) is 5.02 Å². The van der Waals surface area contributed by atoms with Gasteiger partial charge in [-0.15, -0.1) is 0 Å². The summed E-state index contributed by atoms with van der Waals surface area (Å²) in [6.45, 7) is 1.88. The molecular formula is C17H13ClN4O2S. The molecule has 0 atom stereocenters. The summed E-state index contributed by atoms with van der Waals surface area (Å²) in [4.78, 5) is 20.1. The lowest BCUT2D eigenvalue weighted by Crippen LogP contribution is -2.03. The van der Waals surface area contributed by atoms with E-state index in [1.165, 1.54) is 18.1 Å². The third-order valence-corrected chi connectivity index (χ3v) is 4.62. The Balaban J connectivity index is 2.01. The molecule has 126 valence electrons. The number of rotatable bonds is 5. The molecule has 0 unspecified atom stereocenters. The molecule has 0 saturated heterocycles. The van der Waals surface area contributed by atoms with Crippen LogP contribution in [0.4, 0.5) is 17.2 Å². The van der Waals surface area contributed by atoms with Gasteiger partial charge in [-0.1, -0.05) is 47.6 Å². The molecule has 25 heavy (non-hydrogen) atoms. The van der Waals surface area contributed by atoms with Crippen LogP contribution in [0.25, 0.3) is 0 Å². The third-order valence-electron chi connectivity index (χ3n) is 3.38. The normalized spacial score (nSPS) is 10.5. The van der Waals surface area contributed by atoms with Crippen LogP contribution >= 0.6 is 23.4 Å². The summed E-state index contributed by atoms with van der Waals surface area (Å²) in [6.07, 6.45) is 1.31. The first kappa shape index (κ1) is 17.2. The summed E-state index contributed by atoms with van der Waals surface area (Å²) in [5.41, 5.74) is 1.38. The van der Waals surface area contributed by atoms with Gasteiger partial charge in [0.05, 0.1) is 4.92 Å². The van der Waals surface area contributed by atoms with Crippen LogP contribution in [0.5, 0.6) is 0 Å². The number of halogens is 1. The van der Waals surface area contributed by atoms with Gasteiger partial charge in [-0.25, -0.2) is 9.97 Å². The lowest BCUT2D eigenvalue weighted by molar-refractivity contribution is -0.387. The molecule has 0 saturated carbocycles. The Bertz CT molecular complexity index is 922. The number of nitrogens with one attached hydrogen (secondary N) is 1. The van der Waals surface area contributed by atoms with Crippen LogP contribution in [-0.4, -0.2) is 14.9 Å². The third kappa shape index (κ3) is 4.07. The highest BCUT2D eigenvalue weighted by molar-refractivity contribution is 7.99. The van der Waals surface area contributed by atoms with Gasteiger partial charge in [0.1, 0.15) is 6.33 Å². The van der Waals surface area contributed by atoms with Crippen LogP contribution in [0.3, 0.4) is 0 Å². The fourth-order valence-electron chi connectivity index (χ4n) is 2.15. The Labute approximate surface area is 153 Å². The molecular weight excluding hydrogens is 360 g/mol. The van der Waals surface area contributed by atoms with Crippen molar-refractivity contribution in [1.82, 2.24) is 9.97 Å². The molecule has 0 amide bonds. The average molecular weight is 373 g/mol. The summed E-state index contributed by atoms with van der Waals surface area (Å²) in [5, 5.41) is 15.4. The van der Waals surface area contributed by atoms with Crippen molar-refractivity contribution in [2.24, 2.45) is 0 Å². The zero-order valence-corrected chi connectivity index (χ0v) is 14.7. The van der Waals surface area contributed by atoms with Crippen LogP contribution in [0, 0.1) is 17.0 Å². The topological polar surface area (TPSA) is 81.0 Å².